The van der Waals surface area contributed by atoms with Crippen molar-refractivity contribution in [2.45, 2.75) is 25.4 Å². The van der Waals surface area contributed by atoms with Gasteiger partial charge < -0.3 is 9.64 Å². The third kappa shape index (κ3) is 1.11. The Balaban J connectivity index is 1.57. The number of hydrogen-bond acceptors (Lipinski definition) is 4. The predicted octanol–water partition coefficient (Wildman–Crippen LogP) is 1.71. The van der Waals surface area contributed by atoms with Gasteiger partial charge in [0.15, 0.2) is 0 Å². The summed E-state index contributed by atoms with van der Waals surface area (Å²) < 4.78 is 5.36. The Kier molecular flexibility index (Phi) is 1.97. The molecule has 0 spiro atoms. The van der Waals surface area contributed by atoms with Crippen molar-refractivity contribution in [3.63, 3.8) is 0 Å². The van der Waals surface area contributed by atoms with Gasteiger partial charge in [-0.25, -0.2) is 4.79 Å². The first-order valence-corrected chi connectivity index (χ1v) is 7.68. The van der Waals surface area contributed by atoms with Gasteiger partial charge in [0.1, 0.15) is 6.04 Å². The maximum atomic E-state index is 12.5. The molecule has 6 rings (SSSR count). The summed E-state index contributed by atoms with van der Waals surface area (Å²) in [5.74, 6) is 3.77. The normalized spacial score (nSPS) is 45.9. The fourth-order valence-electron chi connectivity index (χ4n) is 5.72. The standard InChI is InChI=1S/C16H18N2O2/c1-2-20-16(19)15-13-10-6-9-11(13)12(9)14(10)18(15)8-4-3-5-17-7-8/h3-5,7,9-15H,2,6H2,1H3/t9-,10+,11?,12?,13+,14-,15-/m0/s1. The van der Waals surface area contributed by atoms with E-state index in [0.29, 0.717) is 24.5 Å². The molecule has 6 bridgehead atoms. The van der Waals surface area contributed by atoms with Crippen LogP contribution in [0, 0.1) is 29.6 Å². The predicted molar refractivity (Wildman–Crippen MR) is 73.0 cm³/mol. The van der Waals surface area contributed by atoms with Crippen LogP contribution in [0.1, 0.15) is 13.3 Å². The molecule has 104 valence electrons. The molecule has 20 heavy (non-hydrogen) atoms. The highest BCUT2D eigenvalue weighted by molar-refractivity contribution is 5.83. The van der Waals surface area contributed by atoms with Crippen molar-refractivity contribution in [3.8, 4) is 0 Å². The smallest absolute Gasteiger partial charge is 0.329 e. The van der Waals surface area contributed by atoms with Gasteiger partial charge in [-0.3, -0.25) is 4.98 Å². The van der Waals surface area contributed by atoms with E-state index in [0.717, 1.165) is 23.4 Å². The molecule has 0 amide bonds. The molecule has 0 radical (unpaired) electrons. The number of carbonyl (C=O) groups excluding carboxylic acids is 1. The number of carbonyl (C=O) groups is 1. The topological polar surface area (TPSA) is 42.4 Å². The van der Waals surface area contributed by atoms with Crippen LogP contribution >= 0.6 is 0 Å². The average molecular weight is 270 g/mol. The van der Waals surface area contributed by atoms with Gasteiger partial charge in [0.05, 0.1) is 18.5 Å². The van der Waals surface area contributed by atoms with Crippen molar-refractivity contribution in [2.24, 2.45) is 29.6 Å². The molecule has 1 saturated heterocycles. The summed E-state index contributed by atoms with van der Waals surface area (Å²) in [6.45, 7) is 2.36. The Bertz CT molecular complexity index is 575. The van der Waals surface area contributed by atoms with Crippen LogP contribution in [0.15, 0.2) is 24.5 Å². The van der Waals surface area contributed by atoms with Gasteiger partial charge in [-0.2, -0.15) is 0 Å². The minimum atomic E-state index is -0.0668. The van der Waals surface area contributed by atoms with Crippen LogP contribution in [0.4, 0.5) is 5.69 Å². The second kappa shape index (κ2) is 3.54. The van der Waals surface area contributed by atoms with Crippen LogP contribution in [0.5, 0.6) is 0 Å². The van der Waals surface area contributed by atoms with Crippen molar-refractivity contribution < 1.29 is 9.53 Å². The summed E-state index contributed by atoms with van der Waals surface area (Å²) in [5.41, 5.74) is 1.09. The Labute approximate surface area is 118 Å². The first-order valence-electron chi connectivity index (χ1n) is 7.68. The lowest BCUT2D eigenvalue weighted by atomic mass is 9.93. The molecule has 5 aliphatic rings. The van der Waals surface area contributed by atoms with E-state index in [-0.39, 0.29) is 12.0 Å². The Morgan fingerprint density at radius 3 is 3.00 bits per heavy atom. The molecule has 7 atom stereocenters. The number of hydrogen-bond donors (Lipinski definition) is 0. The van der Waals surface area contributed by atoms with Gasteiger partial charge >= 0.3 is 5.97 Å². The molecule has 5 fully saturated rings. The SMILES string of the molecule is CCOC(=O)[C@@H]1[C@H]2C3C4[C@H]3C[C@H]2[C@@H]4N1c1cccnc1. The van der Waals surface area contributed by atoms with Crippen LogP contribution in [0.3, 0.4) is 0 Å². The maximum Gasteiger partial charge on any atom is 0.329 e. The highest BCUT2D eigenvalue weighted by atomic mass is 16.5. The molecule has 4 heteroatoms. The summed E-state index contributed by atoms with van der Waals surface area (Å²) in [4.78, 5) is 19.0. The first-order chi connectivity index (χ1) is 9.83. The third-order valence-electron chi connectivity index (χ3n) is 6.07. The average Bonchev–Trinajstić information content (AvgIpc) is 2.84. The zero-order valence-electron chi connectivity index (χ0n) is 11.5. The van der Waals surface area contributed by atoms with Crippen molar-refractivity contribution in [3.05, 3.63) is 24.5 Å². The van der Waals surface area contributed by atoms with Gasteiger partial charge in [0.25, 0.3) is 0 Å². The number of esters is 1. The van der Waals surface area contributed by atoms with E-state index in [1.54, 1.807) is 6.20 Å². The molecule has 1 aromatic heterocycles. The van der Waals surface area contributed by atoms with E-state index in [2.05, 4.69) is 16.0 Å². The van der Waals surface area contributed by atoms with Crippen molar-refractivity contribution in [2.75, 3.05) is 11.5 Å². The van der Waals surface area contributed by atoms with Crippen molar-refractivity contribution in [1.82, 2.24) is 4.98 Å². The summed E-state index contributed by atoms with van der Waals surface area (Å²) in [5, 5.41) is 0. The second-order valence-electron chi connectivity index (χ2n) is 6.60. The lowest BCUT2D eigenvalue weighted by molar-refractivity contribution is -0.146. The fraction of sp³-hybridized carbons (Fsp3) is 0.625. The lowest BCUT2D eigenvalue weighted by Crippen LogP contribution is -2.48. The molecule has 2 unspecified atom stereocenters. The highest BCUT2D eigenvalue weighted by Crippen LogP contribution is 2.78. The van der Waals surface area contributed by atoms with Crippen molar-refractivity contribution in [1.29, 1.82) is 0 Å². The summed E-state index contributed by atoms with van der Waals surface area (Å²) in [6, 6.07) is 4.53. The lowest BCUT2D eigenvalue weighted by Gasteiger charge is -2.35. The molecule has 1 aromatic rings. The number of pyridine rings is 1. The Morgan fingerprint density at radius 2 is 2.30 bits per heavy atom. The van der Waals surface area contributed by atoms with Gasteiger partial charge in [-0.1, -0.05) is 0 Å². The Hall–Kier alpha value is -1.58. The second-order valence-corrected chi connectivity index (χ2v) is 6.60. The zero-order valence-corrected chi connectivity index (χ0v) is 11.5. The van der Waals surface area contributed by atoms with Gasteiger partial charge in [0.2, 0.25) is 0 Å². The fourth-order valence-corrected chi connectivity index (χ4v) is 5.72. The molecular formula is C16H18N2O2. The summed E-state index contributed by atoms with van der Waals surface area (Å²) >= 11 is 0. The summed E-state index contributed by atoms with van der Waals surface area (Å²) in [6.07, 6.45) is 5.01. The monoisotopic (exact) mass is 270 g/mol. The number of aromatic nitrogens is 1. The van der Waals surface area contributed by atoms with E-state index in [4.69, 9.17) is 4.74 Å². The van der Waals surface area contributed by atoms with Gasteiger partial charge in [-0.15, -0.1) is 0 Å². The van der Waals surface area contributed by atoms with E-state index in [9.17, 15) is 4.79 Å². The van der Waals surface area contributed by atoms with Crippen LogP contribution < -0.4 is 4.90 Å². The molecule has 4 saturated carbocycles. The number of rotatable bonds is 3. The Morgan fingerprint density at radius 1 is 1.40 bits per heavy atom. The summed E-state index contributed by atoms with van der Waals surface area (Å²) in [7, 11) is 0. The third-order valence-corrected chi connectivity index (χ3v) is 6.07. The molecule has 0 aromatic carbocycles. The number of anilines is 1. The zero-order chi connectivity index (χ0) is 13.4. The van der Waals surface area contributed by atoms with Crippen LogP contribution in [-0.4, -0.2) is 29.6 Å². The van der Waals surface area contributed by atoms with Crippen LogP contribution in [-0.2, 0) is 9.53 Å². The minimum Gasteiger partial charge on any atom is -0.464 e. The van der Waals surface area contributed by atoms with Gasteiger partial charge in [0, 0.05) is 12.2 Å². The quantitative estimate of drug-likeness (QED) is 0.784. The maximum absolute atomic E-state index is 12.5. The van der Waals surface area contributed by atoms with E-state index < -0.39 is 0 Å². The minimum absolute atomic E-state index is 0.0279. The molecule has 4 aliphatic carbocycles. The molecular weight excluding hydrogens is 252 g/mol. The molecule has 1 aliphatic heterocycles. The molecule has 0 N–H and O–H groups in total. The van der Waals surface area contributed by atoms with Gasteiger partial charge in [-0.05, 0) is 55.1 Å². The van der Waals surface area contributed by atoms with E-state index >= 15 is 0 Å². The molecule has 2 heterocycles. The van der Waals surface area contributed by atoms with E-state index in [1.165, 1.54) is 6.42 Å². The van der Waals surface area contributed by atoms with Crippen LogP contribution in [0.2, 0.25) is 0 Å². The van der Waals surface area contributed by atoms with Crippen LogP contribution in [0.25, 0.3) is 0 Å². The van der Waals surface area contributed by atoms with Crippen molar-refractivity contribution >= 4 is 11.7 Å². The number of nitrogens with zero attached hydrogens (tertiary/aromatic N) is 2. The largest absolute Gasteiger partial charge is 0.464 e. The molecule has 4 nitrogen and oxygen atoms in total. The van der Waals surface area contributed by atoms with E-state index in [1.807, 2.05) is 19.2 Å². The highest BCUT2D eigenvalue weighted by Gasteiger charge is 2.81. The number of piperidine rings is 1. The number of ether oxygens (including phenoxy) is 1. The first kappa shape index (κ1) is 11.1.